The molecule has 0 aliphatic carbocycles. The van der Waals surface area contributed by atoms with Gasteiger partial charge in [0.15, 0.2) is 0 Å². The van der Waals surface area contributed by atoms with E-state index in [4.69, 9.17) is 9.84 Å². The SMILES string of the molecule is C[C@@H]1OC(=O)[C@H](C)[C@@H]1O. The van der Waals surface area contributed by atoms with E-state index in [0.29, 0.717) is 0 Å². The maximum atomic E-state index is 10.6. The molecule has 1 aliphatic heterocycles. The predicted octanol–water partition coefficient (Wildman–Crippen LogP) is -0.0713. The maximum Gasteiger partial charge on any atom is 0.311 e. The summed E-state index contributed by atoms with van der Waals surface area (Å²) < 4.78 is 4.70. The Kier molecular flexibility index (Phi) is 1.45. The molecule has 9 heavy (non-hydrogen) atoms. The molecule has 0 bridgehead atoms. The normalized spacial score (nSPS) is 43.0. The zero-order chi connectivity index (χ0) is 7.02. The number of aliphatic hydroxyl groups is 1. The zero-order valence-electron chi connectivity index (χ0n) is 5.50. The van der Waals surface area contributed by atoms with E-state index in [0.717, 1.165) is 0 Å². The topological polar surface area (TPSA) is 46.5 Å². The number of rotatable bonds is 0. The van der Waals surface area contributed by atoms with Crippen molar-refractivity contribution in [1.82, 2.24) is 0 Å². The Bertz CT molecular complexity index is 132. The van der Waals surface area contributed by atoms with Crippen molar-refractivity contribution in [2.24, 2.45) is 5.92 Å². The molecule has 0 unspecified atom stereocenters. The Morgan fingerprint density at radius 1 is 1.56 bits per heavy atom. The van der Waals surface area contributed by atoms with Crippen LogP contribution in [0, 0.1) is 5.92 Å². The monoisotopic (exact) mass is 130 g/mol. The molecule has 1 saturated heterocycles. The highest BCUT2D eigenvalue weighted by atomic mass is 16.6. The fraction of sp³-hybridized carbons (Fsp3) is 0.833. The first kappa shape index (κ1) is 6.55. The molecule has 1 heterocycles. The predicted molar refractivity (Wildman–Crippen MR) is 30.7 cm³/mol. The first-order valence-electron chi connectivity index (χ1n) is 3.01. The van der Waals surface area contributed by atoms with E-state index in [9.17, 15) is 4.79 Å². The average Bonchev–Trinajstić information content (AvgIpc) is 1.98. The Labute approximate surface area is 53.6 Å². The van der Waals surface area contributed by atoms with Gasteiger partial charge in [-0.2, -0.15) is 0 Å². The van der Waals surface area contributed by atoms with Gasteiger partial charge in [0.2, 0.25) is 0 Å². The minimum atomic E-state index is -0.613. The van der Waals surface area contributed by atoms with Gasteiger partial charge >= 0.3 is 5.97 Å². The Morgan fingerprint density at radius 3 is 2.22 bits per heavy atom. The zero-order valence-corrected chi connectivity index (χ0v) is 5.50. The Hall–Kier alpha value is -0.570. The second-order valence-electron chi connectivity index (χ2n) is 2.42. The van der Waals surface area contributed by atoms with Gasteiger partial charge in [-0.1, -0.05) is 0 Å². The van der Waals surface area contributed by atoms with Crippen molar-refractivity contribution in [3.8, 4) is 0 Å². The summed E-state index contributed by atoms with van der Waals surface area (Å²) in [5.41, 5.74) is 0. The lowest BCUT2D eigenvalue weighted by Gasteiger charge is -2.05. The van der Waals surface area contributed by atoms with Crippen LogP contribution < -0.4 is 0 Å². The van der Waals surface area contributed by atoms with Crippen LogP contribution in [-0.2, 0) is 9.53 Å². The molecular formula is C6H10O3. The second kappa shape index (κ2) is 1.99. The van der Waals surface area contributed by atoms with Crippen molar-refractivity contribution in [1.29, 1.82) is 0 Å². The van der Waals surface area contributed by atoms with E-state index in [1.54, 1.807) is 13.8 Å². The Morgan fingerprint density at radius 2 is 2.11 bits per heavy atom. The average molecular weight is 130 g/mol. The summed E-state index contributed by atoms with van der Waals surface area (Å²) in [7, 11) is 0. The van der Waals surface area contributed by atoms with Gasteiger partial charge in [0, 0.05) is 0 Å². The van der Waals surface area contributed by atoms with Crippen molar-refractivity contribution in [3.05, 3.63) is 0 Å². The highest BCUT2D eigenvalue weighted by molar-refractivity contribution is 5.75. The molecule has 0 spiro atoms. The van der Waals surface area contributed by atoms with Crippen LogP contribution in [0.4, 0.5) is 0 Å². The number of carbonyl (C=O) groups excluding carboxylic acids is 1. The number of carbonyl (C=O) groups is 1. The van der Waals surface area contributed by atoms with Crippen molar-refractivity contribution in [2.45, 2.75) is 26.1 Å². The molecular weight excluding hydrogens is 120 g/mol. The molecule has 3 atom stereocenters. The van der Waals surface area contributed by atoms with E-state index >= 15 is 0 Å². The quantitative estimate of drug-likeness (QED) is 0.467. The van der Waals surface area contributed by atoms with E-state index in [1.807, 2.05) is 0 Å². The van der Waals surface area contributed by atoms with Crippen molar-refractivity contribution < 1.29 is 14.6 Å². The lowest BCUT2D eigenvalue weighted by atomic mass is 10.1. The molecule has 1 fully saturated rings. The van der Waals surface area contributed by atoms with Gasteiger partial charge in [-0.3, -0.25) is 4.79 Å². The van der Waals surface area contributed by atoms with Crippen LogP contribution in [0.15, 0.2) is 0 Å². The van der Waals surface area contributed by atoms with Gasteiger partial charge in [0.1, 0.15) is 12.2 Å². The van der Waals surface area contributed by atoms with Crippen LogP contribution in [0.5, 0.6) is 0 Å². The number of hydrogen-bond acceptors (Lipinski definition) is 3. The highest BCUT2D eigenvalue weighted by Gasteiger charge is 2.37. The maximum absolute atomic E-state index is 10.6. The van der Waals surface area contributed by atoms with Crippen LogP contribution in [0.3, 0.4) is 0 Å². The lowest BCUT2D eigenvalue weighted by molar-refractivity contribution is -0.143. The van der Waals surface area contributed by atoms with Crippen LogP contribution in [0.25, 0.3) is 0 Å². The molecule has 0 radical (unpaired) electrons. The summed E-state index contributed by atoms with van der Waals surface area (Å²) in [6, 6.07) is 0. The summed E-state index contributed by atoms with van der Waals surface area (Å²) in [6.45, 7) is 3.35. The summed E-state index contributed by atoms with van der Waals surface area (Å²) in [6.07, 6.45) is -0.940. The third-order valence-electron chi connectivity index (χ3n) is 1.67. The summed E-state index contributed by atoms with van der Waals surface area (Å²) in [4.78, 5) is 10.6. The molecule has 3 heteroatoms. The van der Waals surface area contributed by atoms with E-state index in [2.05, 4.69) is 0 Å². The minimum Gasteiger partial charge on any atom is -0.460 e. The van der Waals surface area contributed by atoms with Gasteiger partial charge in [0.25, 0.3) is 0 Å². The second-order valence-corrected chi connectivity index (χ2v) is 2.42. The first-order chi connectivity index (χ1) is 4.13. The largest absolute Gasteiger partial charge is 0.460 e. The number of esters is 1. The number of aliphatic hydroxyl groups excluding tert-OH is 1. The molecule has 1 rings (SSSR count). The minimum absolute atomic E-state index is 0.296. The van der Waals surface area contributed by atoms with E-state index in [-0.39, 0.29) is 18.0 Å². The molecule has 0 saturated carbocycles. The highest BCUT2D eigenvalue weighted by Crippen LogP contribution is 2.20. The van der Waals surface area contributed by atoms with Gasteiger partial charge in [-0.05, 0) is 13.8 Å². The van der Waals surface area contributed by atoms with Gasteiger partial charge in [-0.15, -0.1) is 0 Å². The summed E-state index contributed by atoms with van der Waals surface area (Å²) in [5.74, 6) is -0.644. The van der Waals surface area contributed by atoms with E-state index < -0.39 is 6.10 Å². The molecule has 0 aromatic rings. The number of hydrogen-bond donors (Lipinski definition) is 1. The van der Waals surface area contributed by atoms with Gasteiger partial charge in [-0.25, -0.2) is 0 Å². The van der Waals surface area contributed by atoms with Crippen molar-refractivity contribution >= 4 is 5.97 Å². The van der Waals surface area contributed by atoms with Crippen LogP contribution in [0.2, 0.25) is 0 Å². The molecule has 1 N–H and O–H groups in total. The Balaban J connectivity index is 2.65. The van der Waals surface area contributed by atoms with Crippen molar-refractivity contribution in [2.75, 3.05) is 0 Å². The standard InChI is InChI=1S/C6H10O3/c1-3-5(7)4(2)9-6(3)8/h3-5,7H,1-2H3/t3-,4+,5+/m1/s1. The summed E-state index contributed by atoms with van der Waals surface area (Å²) >= 11 is 0. The van der Waals surface area contributed by atoms with Crippen molar-refractivity contribution in [3.63, 3.8) is 0 Å². The van der Waals surface area contributed by atoms with Gasteiger partial charge in [0.05, 0.1) is 5.92 Å². The molecule has 1 aliphatic rings. The first-order valence-corrected chi connectivity index (χ1v) is 3.01. The van der Waals surface area contributed by atoms with E-state index in [1.165, 1.54) is 0 Å². The number of ether oxygens (including phenoxy) is 1. The summed E-state index contributed by atoms with van der Waals surface area (Å²) in [5, 5.41) is 9.09. The van der Waals surface area contributed by atoms with Crippen LogP contribution in [-0.4, -0.2) is 23.3 Å². The number of cyclic esters (lactones) is 1. The third-order valence-corrected chi connectivity index (χ3v) is 1.67. The molecule has 0 aromatic heterocycles. The lowest BCUT2D eigenvalue weighted by Crippen LogP contribution is -2.22. The van der Waals surface area contributed by atoms with Crippen LogP contribution >= 0.6 is 0 Å². The fourth-order valence-corrected chi connectivity index (χ4v) is 0.906. The molecule has 52 valence electrons. The fourth-order valence-electron chi connectivity index (χ4n) is 0.906. The molecule has 0 aromatic carbocycles. The van der Waals surface area contributed by atoms with Crippen LogP contribution in [0.1, 0.15) is 13.8 Å². The third kappa shape index (κ3) is 0.920. The van der Waals surface area contributed by atoms with Gasteiger partial charge < -0.3 is 9.84 Å². The molecule has 0 amide bonds. The molecule has 3 nitrogen and oxygen atoms in total. The smallest absolute Gasteiger partial charge is 0.311 e.